The molecule has 3 heterocycles. The van der Waals surface area contributed by atoms with Gasteiger partial charge in [-0.25, -0.2) is 0 Å². The van der Waals surface area contributed by atoms with Gasteiger partial charge in [-0.2, -0.15) is 4.98 Å². The van der Waals surface area contributed by atoms with Crippen LogP contribution in [0, 0.1) is 0 Å². The Bertz CT molecular complexity index is 567. The van der Waals surface area contributed by atoms with Gasteiger partial charge < -0.3 is 9.42 Å². The van der Waals surface area contributed by atoms with E-state index in [4.69, 9.17) is 4.52 Å². The van der Waals surface area contributed by atoms with Gasteiger partial charge in [0.1, 0.15) is 0 Å². The number of hydrogen-bond acceptors (Lipinski definition) is 7. The van der Waals surface area contributed by atoms with Gasteiger partial charge in [-0.15, -0.1) is 5.10 Å². The highest BCUT2D eigenvalue weighted by Crippen LogP contribution is 2.31. The number of carbonyl (C=O) groups excluding carboxylic acids is 1. The highest BCUT2D eigenvalue weighted by Gasteiger charge is 2.34. The number of carbonyl (C=O) groups is 1. The number of nitrogens with zero attached hydrogens (tertiary/aromatic N) is 5. The Hall–Kier alpha value is -1.83. The first-order chi connectivity index (χ1) is 9.29. The summed E-state index contributed by atoms with van der Waals surface area (Å²) in [6.45, 7) is 2.65. The van der Waals surface area contributed by atoms with Gasteiger partial charge in [-0.3, -0.25) is 4.79 Å². The number of rotatable bonds is 3. The van der Waals surface area contributed by atoms with Crippen LogP contribution in [-0.4, -0.2) is 37.1 Å². The fraction of sp³-hybridized carbons (Fsp3) is 0.545. The largest absolute Gasteiger partial charge is 0.339 e. The first kappa shape index (κ1) is 12.2. The quantitative estimate of drug-likeness (QED) is 0.845. The summed E-state index contributed by atoms with van der Waals surface area (Å²) in [6.07, 6.45) is 2.49. The molecule has 19 heavy (non-hydrogen) atoms. The monoisotopic (exact) mass is 279 g/mol. The van der Waals surface area contributed by atoms with Crippen LogP contribution in [0.15, 0.2) is 9.90 Å². The van der Waals surface area contributed by atoms with Crippen LogP contribution >= 0.6 is 11.5 Å². The molecule has 0 N–H and O–H groups in total. The van der Waals surface area contributed by atoms with Crippen molar-refractivity contribution >= 4 is 17.4 Å². The fourth-order valence-corrected chi connectivity index (χ4v) is 2.66. The Morgan fingerprint density at radius 3 is 3.21 bits per heavy atom. The average Bonchev–Trinajstić information content (AvgIpc) is 3.16. The van der Waals surface area contributed by atoms with Crippen LogP contribution in [0.3, 0.4) is 0 Å². The predicted molar refractivity (Wildman–Crippen MR) is 66.6 cm³/mol. The van der Waals surface area contributed by atoms with Crippen LogP contribution < -0.4 is 0 Å². The second-order valence-corrected chi connectivity index (χ2v) is 4.96. The third-order valence-electron chi connectivity index (χ3n) is 3.18. The molecular formula is C11H13N5O2S. The summed E-state index contributed by atoms with van der Waals surface area (Å²) in [6, 6.07) is -0.113. The van der Waals surface area contributed by atoms with Crippen LogP contribution in [0.4, 0.5) is 0 Å². The van der Waals surface area contributed by atoms with E-state index in [-0.39, 0.29) is 11.9 Å². The summed E-state index contributed by atoms with van der Waals surface area (Å²) < 4.78 is 8.84. The average molecular weight is 279 g/mol. The molecule has 7 nitrogen and oxygen atoms in total. The maximum absolute atomic E-state index is 12.3. The highest BCUT2D eigenvalue weighted by atomic mass is 32.1. The Balaban J connectivity index is 1.83. The summed E-state index contributed by atoms with van der Waals surface area (Å²) in [5.41, 5.74) is 0.385. The van der Waals surface area contributed by atoms with E-state index in [0.717, 1.165) is 12.8 Å². The van der Waals surface area contributed by atoms with Gasteiger partial charge >= 0.3 is 0 Å². The van der Waals surface area contributed by atoms with E-state index in [0.29, 0.717) is 30.4 Å². The summed E-state index contributed by atoms with van der Waals surface area (Å²) in [7, 11) is 0. The van der Waals surface area contributed by atoms with Crippen molar-refractivity contribution in [2.75, 3.05) is 6.54 Å². The van der Waals surface area contributed by atoms with Gasteiger partial charge in [-0.1, -0.05) is 16.6 Å². The molecule has 1 saturated heterocycles. The zero-order valence-electron chi connectivity index (χ0n) is 10.4. The van der Waals surface area contributed by atoms with E-state index < -0.39 is 0 Å². The minimum absolute atomic E-state index is 0.112. The number of likely N-dealkylation sites (tertiary alicyclic amines) is 1. The lowest BCUT2D eigenvalue weighted by molar-refractivity contribution is 0.0722. The van der Waals surface area contributed by atoms with Gasteiger partial charge in [-0.05, 0) is 24.4 Å². The van der Waals surface area contributed by atoms with Crippen molar-refractivity contribution in [3.8, 4) is 0 Å². The molecule has 100 valence electrons. The maximum atomic E-state index is 12.3. The van der Waals surface area contributed by atoms with E-state index in [9.17, 15) is 4.79 Å². The molecule has 1 amide bonds. The van der Waals surface area contributed by atoms with E-state index in [1.165, 1.54) is 11.5 Å². The van der Waals surface area contributed by atoms with E-state index in [1.807, 2.05) is 6.92 Å². The second-order valence-electron chi connectivity index (χ2n) is 4.35. The van der Waals surface area contributed by atoms with Gasteiger partial charge in [0.05, 0.1) is 6.04 Å². The lowest BCUT2D eigenvalue weighted by Crippen LogP contribution is -2.31. The lowest BCUT2D eigenvalue weighted by Gasteiger charge is -2.20. The van der Waals surface area contributed by atoms with Crippen LogP contribution in [0.1, 0.15) is 48.0 Å². The number of aromatic nitrogens is 4. The smallest absolute Gasteiger partial charge is 0.275 e. The normalized spacial score (nSPS) is 19.0. The van der Waals surface area contributed by atoms with Gasteiger partial charge in [0.25, 0.3) is 5.91 Å². The van der Waals surface area contributed by atoms with Crippen LogP contribution in [0.25, 0.3) is 0 Å². The van der Waals surface area contributed by atoms with Crippen LogP contribution in [0.5, 0.6) is 0 Å². The molecule has 2 aromatic heterocycles. The summed E-state index contributed by atoms with van der Waals surface area (Å²) in [4.78, 5) is 18.4. The Morgan fingerprint density at radius 2 is 2.53 bits per heavy atom. The minimum atomic E-state index is -0.113. The van der Waals surface area contributed by atoms with Crippen LogP contribution in [0.2, 0.25) is 0 Å². The zero-order chi connectivity index (χ0) is 13.2. The van der Waals surface area contributed by atoms with Gasteiger partial charge in [0.2, 0.25) is 5.89 Å². The van der Waals surface area contributed by atoms with Crippen molar-refractivity contribution in [2.24, 2.45) is 0 Å². The molecule has 0 radical (unpaired) electrons. The van der Waals surface area contributed by atoms with Crippen molar-refractivity contribution < 1.29 is 9.32 Å². The lowest BCUT2D eigenvalue weighted by atomic mass is 10.2. The molecule has 3 rings (SSSR count). The second kappa shape index (κ2) is 5.04. The standard InChI is InChI=1S/C11H13N5O2S/c1-2-9-12-10(14-18-9)8-4-3-5-16(8)11(17)7-6-19-15-13-7/h6,8H,2-5H2,1H3. The van der Waals surface area contributed by atoms with Gasteiger partial charge in [0, 0.05) is 18.3 Å². The molecular weight excluding hydrogens is 266 g/mol. The molecule has 1 aliphatic rings. The third kappa shape index (κ3) is 2.23. The fourth-order valence-electron chi connectivity index (χ4n) is 2.23. The predicted octanol–water partition coefficient (Wildman–Crippen LogP) is 1.46. The van der Waals surface area contributed by atoms with Crippen molar-refractivity contribution in [3.05, 3.63) is 22.8 Å². The van der Waals surface area contributed by atoms with Crippen LogP contribution in [-0.2, 0) is 6.42 Å². The first-order valence-corrected chi connectivity index (χ1v) is 7.03. The van der Waals surface area contributed by atoms with Crippen molar-refractivity contribution in [3.63, 3.8) is 0 Å². The molecule has 8 heteroatoms. The molecule has 1 atom stereocenters. The van der Waals surface area contributed by atoms with Crippen molar-refractivity contribution in [1.82, 2.24) is 24.6 Å². The Morgan fingerprint density at radius 1 is 1.63 bits per heavy atom. The molecule has 1 fully saturated rings. The number of amides is 1. The molecule has 1 aliphatic heterocycles. The summed E-state index contributed by atoms with van der Waals surface area (Å²) in [5.74, 6) is 1.08. The molecule has 0 saturated carbocycles. The van der Waals surface area contributed by atoms with E-state index in [1.54, 1.807) is 10.3 Å². The molecule has 0 aliphatic carbocycles. The topological polar surface area (TPSA) is 85.0 Å². The molecule has 0 bridgehead atoms. The van der Waals surface area contributed by atoms with E-state index in [2.05, 4.69) is 19.7 Å². The molecule has 1 unspecified atom stereocenters. The SMILES string of the molecule is CCc1nc(C2CCCN2C(=O)c2csnn2)no1. The number of aryl methyl sites for hydroxylation is 1. The Labute approximate surface area is 113 Å². The molecule has 2 aromatic rings. The summed E-state index contributed by atoms with van der Waals surface area (Å²) >= 11 is 1.17. The minimum Gasteiger partial charge on any atom is -0.339 e. The Kier molecular flexibility index (Phi) is 3.24. The number of hydrogen-bond donors (Lipinski definition) is 0. The summed E-state index contributed by atoms with van der Waals surface area (Å²) in [5, 5.41) is 9.45. The van der Waals surface area contributed by atoms with E-state index >= 15 is 0 Å². The van der Waals surface area contributed by atoms with Crippen molar-refractivity contribution in [2.45, 2.75) is 32.2 Å². The first-order valence-electron chi connectivity index (χ1n) is 6.20. The van der Waals surface area contributed by atoms with Crippen molar-refractivity contribution in [1.29, 1.82) is 0 Å². The zero-order valence-corrected chi connectivity index (χ0v) is 11.3. The maximum Gasteiger partial charge on any atom is 0.275 e. The van der Waals surface area contributed by atoms with Gasteiger partial charge in [0.15, 0.2) is 11.5 Å². The highest BCUT2D eigenvalue weighted by molar-refractivity contribution is 7.03. The third-order valence-corrected chi connectivity index (χ3v) is 3.68. The molecule has 0 aromatic carbocycles. The molecule has 0 spiro atoms.